The average molecular weight is 258 g/mol. The molecular formula is C11H16ClN3O2. The van der Waals surface area contributed by atoms with Gasteiger partial charge in [0, 0.05) is 12.6 Å². The fraction of sp³-hybridized carbons (Fsp3) is 0.455. The molecule has 0 aliphatic rings. The summed E-state index contributed by atoms with van der Waals surface area (Å²) in [6.45, 7) is 2.74. The second kappa shape index (κ2) is 5.84. The summed E-state index contributed by atoms with van der Waals surface area (Å²) in [5, 5.41) is 14.2. The third kappa shape index (κ3) is 3.87. The molecule has 0 aliphatic heterocycles. The van der Waals surface area contributed by atoms with Gasteiger partial charge >= 0.3 is 5.69 Å². The monoisotopic (exact) mass is 257 g/mol. The van der Waals surface area contributed by atoms with Crippen LogP contribution in [0.25, 0.3) is 0 Å². The van der Waals surface area contributed by atoms with Crippen LogP contribution in [0.4, 0.5) is 11.4 Å². The van der Waals surface area contributed by atoms with Gasteiger partial charge < -0.3 is 10.2 Å². The van der Waals surface area contributed by atoms with Crippen molar-refractivity contribution in [3.8, 4) is 0 Å². The van der Waals surface area contributed by atoms with Gasteiger partial charge in [0.2, 0.25) is 0 Å². The van der Waals surface area contributed by atoms with E-state index >= 15 is 0 Å². The number of halogens is 1. The molecule has 0 amide bonds. The Bertz CT molecular complexity index is 410. The Kier molecular flexibility index (Phi) is 4.72. The SMILES string of the molecule is CC(CN(C)C)Nc1cccc(Cl)c1[N+](=O)[O-]. The Morgan fingerprint density at radius 3 is 2.71 bits per heavy atom. The molecule has 0 heterocycles. The van der Waals surface area contributed by atoms with Crippen molar-refractivity contribution in [3.63, 3.8) is 0 Å². The van der Waals surface area contributed by atoms with Crippen LogP contribution in [0.3, 0.4) is 0 Å². The summed E-state index contributed by atoms with van der Waals surface area (Å²) in [5.74, 6) is 0. The number of nitro groups is 1. The Morgan fingerprint density at radius 2 is 2.18 bits per heavy atom. The standard InChI is InChI=1S/C11H16ClN3O2/c1-8(7-14(2)3)13-10-6-4-5-9(12)11(10)15(16)17/h4-6,8,13H,7H2,1-3H3. The normalized spacial score (nSPS) is 12.5. The number of nitro benzene ring substituents is 1. The number of rotatable bonds is 5. The van der Waals surface area contributed by atoms with Crippen molar-refractivity contribution < 1.29 is 4.92 Å². The Hall–Kier alpha value is -1.33. The van der Waals surface area contributed by atoms with Crippen molar-refractivity contribution >= 4 is 23.0 Å². The van der Waals surface area contributed by atoms with E-state index in [1.807, 2.05) is 25.9 Å². The number of benzene rings is 1. The summed E-state index contributed by atoms with van der Waals surface area (Å²) in [7, 11) is 3.90. The minimum absolute atomic E-state index is 0.0697. The molecule has 0 aliphatic carbocycles. The zero-order valence-electron chi connectivity index (χ0n) is 10.1. The molecule has 0 saturated heterocycles. The minimum atomic E-state index is -0.465. The van der Waals surface area contributed by atoms with Crippen LogP contribution >= 0.6 is 11.6 Å². The number of likely N-dealkylation sites (N-methyl/N-ethyl adjacent to an activating group) is 1. The second-order valence-electron chi connectivity index (χ2n) is 4.20. The van der Waals surface area contributed by atoms with Crippen LogP contribution in [0.2, 0.25) is 5.02 Å². The number of nitrogens with one attached hydrogen (secondary N) is 1. The molecule has 0 spiro atoms. The zero-order chi connectivity index (χ0) is 13.0. The molecule has 5 nitrogen and oxygen atoms in total. The lowest BCUT2D eigenvalue weighted by Gasteiger charge is -2.19. The first-order valence-electron chi connectivity index (χ1n) is 5.26. The molecule has 1 N–H and O–H groups in total. The van der Waals surface area contributed by atoms with Gasteiger partial charge in [0.05, 0.1) is 4.92 Å². The maximum Gasteiger partial charge on any atom is 0.310 e. The molecular weight excluding hydrogens is 242 g/mol. The molecule has 0 aromatic heterocycles. The summed E-state index contributed by atoms with van der Waals surface area (Å²) < 4.78 is 0. The summed E-state index contributed by atoms with van der Waals surface area (Å²) >= 11 is 5.82. The third-order valence-electron chi connectivity index (χ3n) is 2.21. The van der Waals surface area contributed by atoms with Gasteiger partial charge in [-0.05, 0) is 33.2 Å². The van der Waals surface area contributed by atoms with Gasteiger partial charge in [-0.2, -0.15) is 0 Å². The van der Waals surface area contributed by atoms with E-state index in [9.17, 15) is 10.1 Å². The van der Waals surface area contributed by atoms with Crippen molar-refractivity contribution in [1.29, 1.82) is 0 Å². The first-order valence-corrected chi connectivity index (χ1v) is 5.63. The van der Waals surface area contributed by atoms with E-state index in [-0.39, 0.29) is 16.8 Å². The highest BCUT2D eigenvalue weighted by atomic mass is 35.5. The van der Waals surface area contributed by atoms with Crippen LogP contribution < -0.4 is 5.32 Å². The molecule has 17 heavy (non-hydrogen) atoms. The van der Waals surface area contributed by atoms with Gasteiger partial charge in [-0.3, -0.25) is 10.1 Å². The van der Waals surface area contributed by atoms with Gasteiger partial charge in [-0.1, -0.05) is 17.7 Å². The zero-order valence-corrected chi connectivity index (χ0v) is 10.9. The maximum absolute atomic E-state index is 10.9. The van der Waals surface area contributed by atoms with E-state index < -0.39 is 4.92 Å². The third-order valence-corrected chi connectivity index (χ3v) is 2.52. The van der Waals surface area contributed by atoms with Crippen LogP contribution in [0.5, 0.6) is 0 Å². The number of hydrogen-bond donors (Lipinski definition) is 1. The topological polar surface area (TPSA) is 58.4 Å². The highest BCUT2D eigenvalue weighted by molar-refractivity contribution is 6.33. The fourth-order valence-corrected chi connectivity index (χ4v) is 1.92. The largest absolute Gasteiger partial charge is 0.376 e. The molecule has 0 radical (unpaired) electrons. The fourth-order valence-electron chi connectivity index (χ4n) is 1.68. The molecule has 6 heteroatoms. The molecule has 1 aromatic rings. The van der Waals surface area contributed by atoms with Crippen molar-refractivity contribution in [2.45, 2.75) is 13.0 Å². The highest BCUT2D eigenvalue weighted by Crippen LogP contribution is 2.32. The van der Waals surface area contributed by atoms with Crippen molar-refractivity contribution in [2.75, 3.05) is 26.0 Å². The quantitative estimate of drug-likeness (QED) is 0.651. The number of hydrogen-bond acceptors (Lipinski definition) is 4. The van der Waals surface area contributed by atoms with Gasteiger partial charge in [-0.15, -0.1) is 0 Å². The first-order chi connectivity index (χ1) is 7.91. The van der Waals surface area contributed by atoms with Crippen LogP contribution in [0.1, 0.15) is 6.92 Å². The average Bonchev–Trinajstić information content (AvgIpc) is 2.15. The molecule has 1 unspecified atom stereocenters. The summed E-state index contributed by atoms with van der Waals surface area (Å²) in [6.07, 6.45) is 0. The maximum atomic E-state index is 10.9. The van der Waals surface area contributed by atoms with Crippen LogP contribution in [0.15, 0.2) is 18.2 Å². The Morgan fingerprint density at radius 1 is 1.53 bits per heavy atom. The lowest BCUT2D eigenvalue weighted by Crippen LogP contribution is -2.29. The summed E-state index contributed by atoms with van der Waals surface area (Å²) in [5.41, 5.74) is 0.386. The molecule has 0 bridgehead atoms. The smallest absolute Gasteiger partial charge is 0.310 e. The Balaban J connectivity index is 2.91. The van der Waals surface area contributed by atoms with Gasteiger partial charge in [-0.25, -0.2) is 0 Å². The van der Waals surface area contributed by atoms with E-state index in [0.29, 0.717) is 5.69 Å². The lowest BCUT2D eigenvalue weighted by molar-refractivity contribution is -0.383. The molecule has 94 valence electrons. The Labute approximate surface area is 106 Å². The van der Waals surface area contributed by atoms with E-state index in [2.05, 4.69) is 5.32 Å². The predicted molar refractivity (Wildman–Crippen MR) is 69.7 cm³/mol. The van der Waals surface area contributed by atoms with Crippen LogP contribution in [0, 0.1) is 10.1 Å². The van der Waals surface area contributed by atoms with E-state index in [0.717, 1.165) is 6.54 Å². The molecule has 1 rings (SSSR count). The molecule has 1 atom stereocenters. The summed E-state index contributed by atoms with van der Waals surface area (Å²) in [6, 6.07) is 4.97. The summed E-state index contributed by atoms with van der Waals surface area (Å²) in [4.78, 5) is 12.5. The van der Waals surface area contributed by atoms with Gasteiger partial charge in [0.1, 0.15) is 10.7 Å². The van der Waals surface area contributed by atoms with Crippen molar-refractivity contribution in [2.24, 2.45) is 0 Å². The van der Waals surface area contributed by atoms with E-state index in [1.54, 1.807) is 12.1 Å². The molecule has 0 saturated carbocycles. The van der Waals surface area contributed by atoms with Crippen molar-refractivity contribution in [3.05, 3.63) is 33.3 Å². The molecule has 1 aromatic carbocycles. The van der Waals surface area contributed by atoms with E-state index in [4.69, 9.17) is 11.6 Å². The van der Waals surface area contributed by atoms with Gasteiger partial charge in [0.25, 0.3) is 0 Å². The number of anilines is 1. The van der Waals surface area contributed by atoms with E-state index in [1.165, 1.54) is 6.07 Å². The predicted octanol–water partition coefficient (Wildman–Crippen LogP) is 2.61. The van der Waals surface area contributed by atoms with Crippen molar-refractivity contribution in [1.82, 2.24) is 4.90 Å². The van der Waals surface area contributed by atoms with Crippen LogP contribution in [-0.2, 0) is 0 Å². The number of nitrogens with zero attached hydrogens (tertiary/aromatic N) is 2. The highest BCUT2D eigenvalue weighted by Gasteiger charge is 2.19. The minimum Gasteiger partial charge on any atom is -0.376 e. The van der Waals surface area contributed by atoms with Gasteiger partial charge in [0.15, 0.2) is 0 Å². The second-order valence-corrected chi connectivity index (χ2v) is 4.61. The number of para-hydroxylation sites is 1. The first kappa shape index (κ1) is 13.7. The molecule has 0 fully saturated rings. The van der Waals surface area contributed by atoms with Crippen LogP contribution in [-0.4, -0.2) is 36.5 Å². The lowest BCUT2D eigenvalue weighted by atomic mass is 10.2.